The van der Waals surface area contributed by atoms with E-state index in [0.29, 0.717) is 0 Å². The molecule has 0 aromatic heterocycles. The van der Waals surface area contributed by atoms with Gasteiger partial charge in [0.05, 0.1) is 6.04 Å². The maximum Gasteiger partial charge on any atom is 0.122 e. The van der Waals surface area contributed by atoms with Gasteiger partial charge >= 0.3 is 0 Å². The minimum Gasteiger partial charge on any atom is -0.508 e. The summed E-state index contributed by atoms with van der Waals surface area (Å²) in [6, 6.07) is 15.4. The van der Waals surface area contributed by atoms with Crippen LogP contribution in [0, 0.1) is 5.41 Å². The van der Waals surface area contributed by atoms with Crippen molar-refractivity contribution in [3.63, 3.8) is 0 Å². The van der Waals surface area contributed by atoms with Gasteiger partial charge in [-0.25, -0.2) is 0 Å². The van der Waals surface area contributed by atoms with Gasteiger partial charge in [-0.05, 0) is 23.3 Å². The van der Waals surface area contributed by atoms with Crippen LogP contribution >= 0.6 is 0 Å². The average molecular weight is 350 g/mol. The van der Waals surface area contributed by atoms with E-state index in [9.17, 15) is 5.11 Å². The van der Waals surface area contributed by atoms with Crippen LogP contribution in [0.1, 0.15) is 22.7 Å². The molecule has 2 aromatic carbocycles. The number of nitrogens with zero attached hydrogens (tertiary/aromatic N) is 2. The summed E-state index contributed by atoms with van der Waals surface area (Å²) >= 11 is 0. The number of benzene rings is 2. The Kier molecular flexibility index (Phi) is 5.71. The van der Waals surface area contributed by atoms with Gasteiger partial charge in [-0.3, -0.25) is 15.2 Å². The van der Waals surface area contributed by atoms with Gasteiger partial charge in [-0.15, -0.1) is 6.58 Å². The molecular weight excluding hydrogens is 324 g/mol. The number of hydrogen-bond acceptors (Lipinski definition) is 4. The Labute approximate surface area is 154 Å². The number of nitrogen functional groups attached to an aromatic ring is 1. The van der Waals surface area contributed by atoms with Crippen molar-refractivity contribution in [1.82, 2.24) is 9.80 Å². The highest BCUT2D eigenvalue weighted by Crippen LogP contribution is 2.31. The number of aromatic hydroxyl groups is 1. The summed E-state index contributed by atoms with van der Waals surface area (Å²) in [5, 5.41) is 17.5. The smallest absolute Gasteiger partial charge is 0.122 e. The Bertz CT molecular complexity index is 764. The van der Waals surface area contributed by atoms with Crippen LogP contribution < -0.4 is 5.73 Å². The van der Waals surface area contributed by atoms with Crippen LogP contribution in [-0.4, -0.2) is 53.5 Å². The molecule has 0 amide bonds. The van der Waals surface area contributed by atoms with Crippen LogP contribution in [0.4, 0.5) is 0 Å². The number of rotatable bonds is 6. The van der Waals surface area contributed by atoms with Crippen molar-refractivity contribution in [1.29, 1.82) is 5.41 Å². The van der Waals surface area contributed by atoms with Crippen molar-refractivity contribution in [2.24, 2.45) is 5.73 Å². The largest absolute Gasteiger partial charge is 0.508 e. The number of piperazine rings is 1. The molecule has 0 radical (unpaired) electrons. The molecule has 2 aromatic rings. The fourth-order valence-corrected chi connectivity index (χ4v) is 3.54. The van der Waals surface area contributed by atoms with Gasteiger partial charge in [0.25, 0.3) is 0 Å². The molecular formula is C21H26N4O. The maximum atomic E-state index is 9.95. The molecule has 0 aliphatic carbocycles. The van der Waals surface area contributed by atoms with Gasteiger partial charge in [0.1, 0.15) is 11.6 Å². The molecule has 4 N–H and O–H groups in total. The zero-order valence-electron chi connectivity index (χ0n) is 14.9. The molecule has 0 bridgehead atoms. The molecule has 26 heavy (non-hydrogen) atoms. The minimum absolute atomic E-state index is 0.0639. The Hall–Kier alpha value is -2.63. The van der Waals surface area contributed by atoms with E-state index in [1.54, 1.807) is 6.07 Å². The first kappa shape index (κ1) is 18.2. The zero-order valence-corrected chi connectivity index (χ0v) is 14.9. The lowest BCUT2D eigenvalue weighted by Crippen LogP contribution is -2.47. The molecule has 1 aliphatic heterocycles. The summed E-state index contributed by atoms with van der Waals surface area (Å²) in [5.41, 5.74) is 8.51. The lowest BCUT2D eigenvalue weighted by Gasteiger charge is -2.39. The molecule has 1 fully saturated rings. The molecule has 0 saturated carbocycles. The second-order valence-electron chi connectivity index (χ2n) is 6.66. The quantitative estimate of drug-likeness (QED) is 0.425. The lowest BCUT2D eigenvalue weighted by atomic mass is 9.95. The first-order valence-electron chi connectivity index (χ1n) is 8.89. The van der Waals surface area contributed by atoms with Crippen LogP contribution in [0.2, 0.25) is 0 Å². The summed E-state index contributed by atoms with van der Waals surface area (Å²) in [6.07, 6.45) is 1.95. The highest BCUT2D eigenvalue weighted by Gasteiger charge is 2.26. The summed E-state index contributed by atoms with van der Waals surface area (Å²) in [4.78, 5) is 4.83. The molecule has 1 aliphatic rings. The third kappa shape index (κ3) is 4.12. The molecule has 5 nitrogen and oxygen atoms in total. The van der Waals surface area contributed by atoms with Crippen molar-refractivity contribution in [2.75, 3.05) is 32.7 Å². The van der Waals surface area contributed by atoms with Crippen molar-refractivity contribution < 1.29 is 5.11 Å². The average Bonchev–Trinajstić information content (AvgIpc) is 2.64. The summed E-state index contributed by atoms with van der Waals surface area (Å²) in [5.74, 6) is 0.349. The van der Waals surface area contributed by atoms with Crippen LogP contribution in [0.3, 0.4) is 0 Å². The molecule has 1 unspecified atom stereocenters. The van der Waals surface area contributed by atoms with E-state index in [0.717, 1.165) is 49.4 Å². The third-order valence-electron chi connectivity index (χ3n) is 4.88. The van der Waals surface area contributed by atoms with E-state index >= 15 is 0 Å². The zero-order chi connectivity index (χ0) is 18.5. The van der Waals surface area contributed by atoms with E-state index in [2.05, 4.69) is 22.4 Å². The van der Waals surface area contributed by atoms with E-state index in [-0.39, 0.29) is 17.6 Å². The Morgan fingerprint density at radius 2 is 1.81 bits per heavy atom. The standard InChI is InChI=1S/C21H26N4O/c1-2-10-24-11-13-25(14-12-24)20(18-4-3-5-19(26)15-18)16-6-8-17(9-7-16)21(22)23/h2-9,15,20,26H,1,10-14H2,(H3,22,23). The number of phenolic OH excluding ortho intramolecular Hbond substituents is 1. The molecule has 0 spiro atoms. The monoisotopic (exact) mass is 350 g/mol. The molecule has 5 heteroatoms. The number of nitrogens with two attached hydrogens (primary N) is 1. The first-order chi connectivity index (χ1) is 12.6. The highest BCUT2D eigenvalue weighted by molar-refractivity contribution is 5.94. The van der Waals surface area contributed by atoms with Crippen molar-refractivity contribution in [2.45, 2.75) is 6.04 Å². The lowest BCUT2D eigenvalue weighted by molar-refractivity contribution is 0.117. The number of amidine groups is 1. The minimum atomic E-state index is 0.0639. The van der Waals surface area contributed by atoms with Crippen LogP contribution in [-0.2, 0) is 0 Å². The summed E-state index contributed by atoms with van der Waals surface area (Å²) < 4.78 is 0. The molecule has 1 atom stereocenters. The topological polar surface area (TPSA) is 76.6 Å². The van der Waals surface area contributed by atoms with E-state index in [1.165, 1.54) is 0 Å². The number of nitrogens with one attached hydrogen (secondary N) is 1. The van der Waals surface area contributed by atoms with Crippen LogP contribution in [0.5, 0.6) is 5.75 Å². The second kappa shape index (κ2) is 8.17. The summed E-state index contributed by atoms with van der Waals surface area (Å²) in [7, 11) is 0. The van der Waals surface area contributed by atoms with E-state index < -0.39 is 0 Å². The van der Waals surface area contributed by atoms with Gasteiger partial charge in [0.15, 0.2) is 0 Å². The van der Waals surface area contributed by atoms with Gasteiger partial charge < -0.3 is 10.8 Å². The normalized spacial score (nSPS) is 16.9. The van der Waals surface area contributed by atoms with E-state index in [1.807, 2.05) is 42.5 Å². The van der Waals surface area contributed by atoms with Gasteiger partial charge in [-0.1, -0.05) is 42.5 Å². The van der Waals surface area contributed by atoms with Crippen molar-refractivity contribution in [3.05, 3.63) is 77.9 Å². The third-order valence-corrected chi connectivity index (χ3v) is 4.88. The van der Waals surface area contributed by atoms with Crippen LogP contribution in [0.25, 0.3) is 0 Å². The van der Waals surface area contributed by atoms with Crippen molar-refractivity contribution >= 4 is 5.84 Å². The maximum absolute atomic E-state index is 9.95. The fourth-order valence-electron chi connectivity index (χ4n) is 3.54. The Morgan fingerprint density at radius 1 is 1.12 bits per heavy atom. The fraction of sp³-hybridized carbons (Fsp3) is 0.286. The highest BCUT2D eigenvalue weighted by atomic mass is 16.3. The van der Waals surface area contributed by atoms with Gasteiger partial charge in [0.2, 0.25) is 0 Å². The van der Waals surface area contributed by atoms with Gasteiger partial charge in [-0.2, -0.15) is 0 Å². The number of hydrogen-bond donors (Lipinski definition) is 3. The number of phenols is 1. The van der Waals surface area contributed by atoms with E-state index in [4.69, 9.17) is 11.1 Å². The predicted molar refractivity (Wildman–Crippen MR) is 106 cm³/mol. The predicted octanol–water partition coefficient (Wildman–Crippen LogP) is 2.57. The molecule has 1 heterocycles. The Balaban J connectivity index is 1.90. The molecule has 1 saturated heterocycles. The van der Waals surface area contributed by atoms with Crippen molar-refractivity contribution in [3.8, 4) is 5.75 Å². The first-order valence-corrected chi connectivity index (χ1v) is 8.89. The SMILES string of the molecule is C=CCN1CCN(C(c2ccc(C(=N)N)cc2)c2cccc(O)c2)CC1. The molecule has 136 valence electrons. The van der Waals surface area contributed by atoms with Crippen LogP contribution in [0.15, 0.2) is 61.2 Å². The molecule has 3 rings (SSSR count). The van der Waals surface area contributed by atoms with Gasteiger partial charge in [0, 0.05) is 38.3 Å². The second-order valence-corrected chi connectivity index (χ2v) is 6.66. The summed E-state index contributed by atoms with van der Waals surface area (Å²) in [6.45, 7) is 8.62. The Morgan fingerprint density at radius 3 is 2.38 bits per heavy atom.